The Hall–Kier alpha value is -3.54. The van der Waals surface area contributed by atoms with Crippen LogP contribution in [0.4, 0.5) is 11.6 Å². The summed E-state index contributed by atoms with van der Waals surface area (Å²) in [4.78, 5) is 9.26. The monoisotopic (exact) mass is 376 g/mol. The minimum absolute atomic E-state index is 0.590. The standard InChI is InChI=1S/C22H24N4O2/c1-4-12-23-20-14-21(26-22(25-20)17-8-6-5-7-9-17)24-15-16-10-11-18(27-2)19(13-16)28-3/h4-11,13-14H,1,12,15H2,2-3H3,(H2,23,24,25,26). The number of rotatable bonds is 9. The van der Waals surface area contributed by atoms with Crippen molar-refractivity contribution < 1.29 is 9.47 Å². The van der Waals surface area contributed by atoms with Gasteiger partial charge in [0.15, 0.2) is 17.3 Å². The van der Waals surface area contributed by atoms with Gasteiger partial charge in [0.2, 0.25) is 0 Å². The van der Waals surface area contributed by atoms with Crippen molar-refractivity contribution in [3.8, 4) is 22.9 Å². The molecular weight excluding hydrogens is 352 g/mol. The molecule has 0 radical (unpaired) electrons. The smallest absolute Gasteiger partial charge is 0.163 e. The summed E-state index contributed by atoms with van der Waals surface area (Å²) in [7, 11) is 3.25. The van der Waals surface area contributed by atoms with Crippen LogP contribution in [-0.4, -0.2) is 30.7 Å². The Labute approximate surface area is 165 Å². The first-order chi connectivity index (χ1) is 13.7. The maximum absolute atomic E-state index is 5.37. The zero-order chi connectivity index (χ0) is 19.8. The molecule has 0 saturated heterocycles. The molecule has 0 fully saturated rings. The Morgan fingerprint density at radius 3 is 2.29 bits per heavy atom. The van der Waals surface area contributed by atoms with Crippen LogP contribution in [0.25, 0.3) is 11.4 Å². The highest BCUT2D eigenvalue weighted by atomic mass is 16.5. The van der Waals surface area contributed by atoms with Crippen molar-refractivity contribution in [2.45, 2.75) is 6.54 Å². The second-order valence-electron chi connectivity index (χ2n) is 6.04. The number of benzene rings is 2. The van der Waals surface area contributed by atoms with Gasteiger partial charge in [-0.05, 0) is 17.7 Å². The van der Waals surface area contributed by atoms with Gasteiger partial charge >= 0.3 is 0 Å². The molecule has 1 heterocycles. The molecule has 0 bridgehead atoms. The molecule has 0 aliphatic heterocycles. The van der Waals surface area contributed by atoms with Gasteiger partial charge in [0.25, 0.3) is 0 Å². The second kappa shape index (κ2) is 9.41. The van der Waals surface area contributed by atoms with E-state index in [-0.39, 0.29) is 0 Å². The van der Waals surface area contributed by atoms with Gasteiger partial charge in [-0.1, -0.05) is 42.5 Å². The molecule has 1 aromatic heterocycles. The summed E-state index contributed by atoms with van der Waals surface area (Å²) in [6.45, 7) is 4.96. The molecule has 144 valence electrons. The van der Waals surface area contributed by atoms with E-state index in [2.05, 4.69) is 27.2 Å². The summed E-state index contributed by atoms with van der Waals surface area (Å²) < 4.78 is 10.7. The summed E-state index contributed by atoms with van der Waals surface area (Å²) in [6.07, 6.45) is 1.79. The molecule has 3 aromatic rings. The normalized spacial score (nSPS) is 10.2. The van der Waals surface area contributed by atoms with Gasteiger partial charge in [-0.25, -0.2) is 9.97 Å². The molecule has 28 heavy (non-hydrogen) atoms. The van der Waals surface area contributed by atoms with Crippen molar-refractivity contribution in [1.29, 1.82) is 0 Å². The van der Waals surface area contributed by atoms with Gasteiger partial charge < -0.3 is 20.1 Å². The summed E-state index contributed by atoms with van der Waals surface area (Å²) in [5.41, 5.74) is 2.01. The van der Waals surface area contributed by atoms with Crippen molar-refractivity contribution in [2.24, 2.45) is 0 Å². The molecule has 6 heteroatoms. The molecule has 2 aromatic carbocycles. The first kappa shape index (κ1) is 19.2. The Bertz CT molecular complexity index is 929. The molecule has 0 aliphatic carbocycles. The van der Waals surface area contributed by atoms with Crippen molar-refractivity contribution >= 4 is 11.6 Å². The van der Waals surface area contributed by atoms with Gasteiger partial charge in [-0.15, -0.1) is 6.58 Å². The van der Waals surface area contributed by atoms with E-state index in [4.69, 9.17) is 9.47 Å². The number of hydrogen-bond donors (Lipinski definition) is 2. The van der Waals surface area contributed by atoms with Crippen LogP contribution in [0, 0.1) is 0 Å². The largest absolute Gasteiger partial charge is 0.493 e. The van der Waals surface area contributed by atoms with Crippen molar-refractivity contribution in [1.82, 2.24) is 9.97 Å². The lowest BCUT2D eigenvalue weighted by Gasteiger charge is -2.12. The van der Waals surface area contributed by atoms with Crippen LogP contribution >= 0.6 is 0 Å². The predicted molar refractivity (Wildman–Crippen MR) is 113 cm³/mol. The number of aromatic nitrogens is 2. The van der Waals surface area contributed by atoms with Crippen LogP contribution in [0.2, 0.25) is 0 Å². The van der Waals surface area contributed by atoms with Crippen LogP contribution in [0.15, 0.2) is 67.3 Å². The van der Waals surface area contributed by atoms with E-state index in [0.29, 0.717) is 30.4 Å². The highest BCUT2D eigenvalue weighted by Crippen LogP contribution is 2.28. The summed E-state index contributed by atoms with van der Waals surface area (Å²) in [5, 5.41) is 6.59. The third kappa shape index (κ3) is 4.79. The van der Waals surface area contributed by atoms with Crippen LogP contribution in [-0.2, 0) is 6.54 Å². The Kier molecular flexibility index (Phi) is 6.46. The zero-order valence-corrected chi connectivity index (χ0v) is 16.1. The predicted octanol–water partition coefficient (Wildman–Crippen LogP) is 4.37. The topological polar surface area (TPSA) is 68.3 Å². The highest BCUT2D eigenvalue weighted by molar-refractivity contribution is 5.61. The Morgan fingerprint density at radius 1 is 0.893 bits per heavy atom. The number of ether oxygens (including phenoxy) is 2. The van der Waals surface area contributed by atoms with Crippen molar-refractivity contribution in [2.75, 3.05) is 31.4 Å². The molecule has 2 N–H and O–H groups in total. The third-order valence-electron chi connectivity index (χ3n) is 4.11. The average Bonchev–Trinajstić information content (AvgIpc) is 2.76. The van der Waals surface area contributed by atoms with Gasteiger partial charge in [-0.2, -0.15) is 0 Å². The van der Waals surface area contributed by atoms with E-state index < -0.39 is 0 Å². The van der Waals surface area contributed by atoms with Gasteiger partial charge in [0.1, 0.15) is 11.6 Å². The molecule has 6 nitrogen and oxygen atoms in total. The molecule has 0 spiro atoms. The fourth-order valence-electron chi connectivity index (χ4n) is 2.70. The molecule has 0 amide bonds. The summed E-state index contributed by atoms with van der Waals surface area (Å²) in [5.74, 6) is 3.53. The minimum atomic E-state index is 0.590. The SMILES string of the molecule is C=CCNc1cc(NCc2ccc(OC)c(OC)c2)nc(-c2ccccc2)n1. The first-order valence-corrected chi connectivity index (χ1v) is 8.97. The number of hydrogen-bond acceptors (Lipinski definition) is 6. The third-order valence-corrected chi connectivity index (χ3v) is 4.11. The Morgan fingerprint density at radius 2 is 1.61 bits per heavy atom. The zero-order valence-electron chi connectivity index (χ0n) is 16.1. The summed E-state index contributed by atoms with van der Waals surface area (Å²) in [6, 6.07) is 17.6. The highest BCUT2D eigenvalue weighted by Gasteiger charge is 2.08. The van der Waals surface area contributed by atoms with Crippen molar-refractivity contribution in [3.63, 3.8) is 0 Å². The molecule has 0 aliphatic rings. The molecular formula is C22H24N4O2. The van der Waals surface area contributed by atoms with Gasteiger partial charge in [0.05, 0.1) is 14.2 Å². The van der Waals surface area contributed by atoms with E-state index in [1.807, 2.05) is 54.6 Å². The van der Waals surface area contributed by atoms with Crippen LogP contribution in [0.5, 0.6) is 11.5 Å². The van der Waals surface area contributed by atoms with E-state index in [9.17, 15) is 0 Å². The lowest BCUT2D eigenvalue weighted by molar-refractivity contribution is 0.354. The van der Waals surface area contributed by atoms with Gasteiger partial charge in [0, 0.05) is 24.7 Å². The second-order valence-corrected chi connectivity index (χ2v) is 6.04. The number of nitrogens with zero attached hydrogens (tertiary/aromatic N) is 2. The molecule has 0 saturated carbocycles. The molecule has 3 rings (SSSR count). The van der Waals surface area contributed by atoms with Crippen LogP contribution in [0.3, 0.4) is 0 Å². The maximum Gasteiger partial charge on any atom is 0.163 e. The van der Waals surface area contributed by atoms with Crippen molar-refractivity contribution in [3.05, 3.63) is 72.8 Å². The van der Waals surface area contributed by atoms with E-state index in [1.54, 1.807) is 20.3 Å². The van der Waals surface area contributed by atoms with Gasteiger partial charge in [-0.3, -0.25) is 0 Å². The minimum Gasteiger partial charge on any atom is -0.493 e. The number of methoxy groups -OCH3 is 2. The molecule has 0 atom stereocenters. The number of anilines is 2. The fraction of sp³-hybridized carbons (Fsp3) is 0.182. The van der Waals surface area contributed by atoms with Crippen LogP contribution in [0.1, 0.15) is 5.56 Å². The maximum atomic E-state index is 5.37. The fourth-order valence-corrected chi connectivity index (χ4v) is 2.70. The van der Waals surface area contributed by atoms with E-state index >= 15 is 0 Å². The van der Waals surface area contributed by atoms with E-state index in [1.165, 1.54) is 0 Å². The van der Waals surface area contributed by atoms with Crippen LogP contribution < -0.4 is 20.1 Å². The average molecular weight is 376 g/mol. The quantitative estimate of drug-likeness (QED) is 0.541. The lowest BCUT2D eigenvalue weighted by atomic mass is 10.2. The van der Waals surface area contributed by atoms with E-state index in [0.717, 1.165) is 22.8 Å². The molecule has 0 unspecified atom stereocenters. The number of nitrogens with one attached hydrogen (secondary N) is 2. The lowest BCUT2D eigenvalue weighted by Crippen LogP contribution is -2.07. The first-order valence-electron chi connectivity index (χ1n) is 8.97. The summed E-state index contributed by atoms with van der Waals surface area (Å²) >= 11 is 0. The Balaban J connectivity index is 1.83.